The highest BCUT2D eigenvalue weighted by molar-refractivity contribution is 5.85. The first-order chi connectivity index (χ1) is 10.3. The van der Waals surface area contributed by atoms with Gasteiger partial charge in [0.1, 0.15) is 5.75 Å². The second-order valence-electron chi connectivity index (χ2n) is 5.19. The number of hydrogen-bond acceptors (Lipinski definition) is 3. The van der Waals surface area contributed by atoms with E-state index in [0.29, 0.717) is 11.1 Å². The first kappa shape index (κ1) is 14.0. The molecule has 1 aliphatic heterocycles. The van der Waals surface area contributed by atoms with Crippen molar-refractivity contribution in [3.05, 3.63) is 41.5 Å². The lowest BCUT2D eigenvalue weighted by Gasteiger charge is -2.06. The van der Waals surface area contributed by atoms with Crippen LogP contribution in [0.3, 0.4) is 0 Å². The van der Waals surface area contributed by atoms with Crippen LogP contribution >= 0.6 is 0 Å². The van der Waals surface area contributed by atoms with E-state index in [9.17, 15) is 4.39 Å². The first-order valence-corrected chi connectivity index (χ1v) is 7.18. The number of pyridine rings is 1. The van der Waals surface area contributed by atoms with Gasteiger partial charge in [0.25, 0.3) is 0 Å². The van der Waals surface area contributed by atoms with Gasteiger partial charge >= 0.3 is 0 Å². The van der Waals surface area contributed by atoms with Crippen LogP contribution in [0.25, 0.3) is 16.8 Å². The van der Waals surface area contributed by atoms with E-state index in [2.05, 4.69) is 4.98 Å². The van der Waals surface area contributed by atoms with Crippen LogP contribution in [0.5, 0.6) is 5.75 Å². The number of rotatable bonds is 2. The number of methoxy groups -OCH3 is 1. The van der Waals surface area contributed by atoms with E-state index >= 15 is 0 Å². The average molecular weight is 287 g/mol. The summed E-state index contributed by atoms with van der Waals surface area (Å²) in [5.41, 5.74) is 1.92. The molecule has 3 nitrogen and oxygen atoms in total. The van der Waals surface area contributed by atoms with E-state index in [1.54, 1.807) is 19.2 Å². The van der Waals surface area contributed by atoms with Gasteiger partial charge in [-0.1, -0.05) is 5.57 Å². The maximum atomic E-state index is 14.1. The molecule has 1 fully saturated rings. The van der Waals surface area contributed by atoms with Crippen LogP contribution in [-0.2, 0) is 4.74 Å². The molecular weight excluding hydrogens is 269 g/mol. The maximum Gasteiger partial charge on any atom is 0.221 e. The van der Waals surface area contributed by atoms with Crippen molar-refractivity contribution in [3.8, 4) is 5.75 Å². The molecule has 110 valence electrons. The molecule has 3 rings (SSSR count). The van der Waals surface area contributed by atoms with Gasteiger partial charge in [0, 0.05) is 12.0 Å². The molecule has 0 unspecified atom stereocenters. The average Bonchev–Trinajstić information content (AvgIpc) is 2.75. The molecule has 0 spiro atoms. The summed E-state index contributed by atoms with van der Waals surface area (Å²) in [6.45, 7) is 1.53. The zero-order valence-corrected chi connectivity index (χ0v) is 12.1. The molecule has 1 aromatic carbocycles. The summed E-state index contributed by atoms with van der Waals surface area (Å²) < 4.78 is 24.7. The molecule has 0 saturated carbocycles. The molecular formula is C17H18FNO2. The van der Waals surface area contributed by atoms with Crippen molar-refractivity contribution >= 4 is 16.8 Å². The number of hydrogen-bond donors (Lipinski definition) is 0. The molecule has 1 aromatic heterocycles. The summed E-state index contributed by atoms with van der Waals surface area (Å²) in [4.78, 5) is 4.06. The van der Waals surface area contributed by atoms with Crippen molar-refractivity contribution in [2.45, 2.75) is 19.3 Å². The lowest BCUT2D eigenvalue weighted by molar-refractivity contribution is 0.146. The van der Waals surface area contributed by atoms with E-state index in [-0.39, 0.29) is 0 Å². The number of ether oxygens (including phenoxy) is 2. The third-order valence-electron chi connectivity index (χ3n) is 3.72. The lowest BCUT2D eigenvalue weighted by atomic mass is 10.1. The highest BCUT2D eigenvalue weighted by atomic mass is 19.1. The van der Waals surface area contributed by atoms with Crippen LogP contribution in [0.15, 0.2) is 29.8 Å². The predicted molar refractivity (Wildman–Crippen MR) is 80.9 cm³/mol. The van der Waals surface area contributed by atoms with Gasteiger partial charge in [-0.25, -0.2) is 4.98 Å². The third kappa shape index (κ3) is 3.22. The largest absolute Gasteiger partial charge is 0.497 e. The van der Waals surface area contributed by atoms with E-state index in [1.807, 2.05) is 18.2 Å². The zero-order chi connectivity index (χ0) is 14.7. The Morgan fingerprint density at radius 1 is 1.24 bits per heavy atom. The van der Waals surface area contributed by atoms with Crippen LogP contribution in [0.2, 0.25) is 0 Å². The lowest BCUT2D eigenvalue weighted by Crippen LogP contribution is -1.93. The molecule has 0 radical (unpaired) electrons. The van der Waals surface area contributed by atoms with Gasteiger partial charge in [-0.15, -0.1) is 0 Å². The Hall–Kier alpha value is -1.94. The monoisotopic (exact) mass is 287 g/mol. The fourth-order valence-corrected chi connectivity index (χ4v) is 2.60. The Morgan fingerprint density at radius 3 is 3.00 bits per heavy atom. The van der Waals surface area contributed by atoms with Gasteiger partial charge in [0.2, 0.25) is 5.95 Å². The van der Waals surface area contributed by atoms with Crippen molar-refractivity contribution in [2.75, 3.05) is 20.3 Å². The van der Waals surface area contributed by atoms with Gasteiger partial charge in [0.15, 0.2) is 0 Å². The summed E-state index contributed by atoms with van der Waals surface area (Å²) in [7, 11) is 1.60. The van der Waals surface area contributed by atoms with Crippen LogP contribution in [0.1, 0.15) is 25.0 Å². The Kier molecular flexibility index (Phi) is 4.15. The molecule has 1 aliphatic rings. The van der Waals surface area contributed by atoms with Crippen molar-refractivity contribution in [3.63, 3.8) is 0 Å². The van der Waals surface area contributed by atoms with Gasteiger partial charge in [-0.2, -0.15) is 4.39 Å². The van der Waals surface area contributed by atoms with Crippen LogP contribution in [0.4, 0.5) is 4.39 Å². The highest BCUT2D eigenvalue weighted by Crippen LogP contribution is 2.25. The summed E-state index contributed by atoms with van der Waals surface area (Å²) in [5, 5.41) is 1.32. The molecule has 0 amide bonds. The van der Waals surface area contributed by atoms with Gasteiger partial charge in [-0.3, -0.25) is 0 Å². The van der Waals surface area contributed by atoms with E-state index in [4.69, 9.17) is 9.47 Å². The minimum Gasteiger partial charge on any atom is -0.497 e. The number of halogens is 1. The first-order valence-electron chi connectivity index (χ1n) is 7.18. The third-order valence-corrected chi connectivity index (χ3v) is 3.72. The zero-order valence-electron chi connectivity index (χ0n) is 12.1. The van der Waals surface area contributed by atoms with Gasteiger partial charge < -0.3 is 9.47 Å². The van der Waals surface area contributed by atoms with Crippen LogP contribution in [0, 0.1) is 5.95 Å². The molecule has 0 bridgehead atoms. The van der Waals surface area contributed by atoms with Crippen molar-refractivity contribution < 1.29 is 13.9 Å². The molecule has 1 saturated heterocycles. The van der Waals surface area contributed by atoms with E-state index < -0.39 is 5.95 Å². The second-order valence-corrected chi connectivity index (χ2v) is 5.19. The van der Waals surface area contributed by atoms with Crippen LogP contribution in [-0.4, -0.2) is 25.3 Å². The molecule has 2 aromatic rings. The summed E-state index contributed by atoms with van der Waals surface area (Å²) in [6, 6.07) is 7.18. The number of benzene rings is 1. The Morgan fingerprint density at radius 2 is 2.14 bits per heavy atom. The highest BCUT2D eigenvalue weighted by Gasteiger charge is 2.08. The van der Waals surface area contributed by atoms with Crippen molar-refractivity contribution in [1.82, 2.24) is 4.98 Å². The van der Waals surface area contributed by atoms with Crippen molar-refractivity contribution in [1.29, 1.82) is 0 Å². The summed E-state index contributed by atoms with van der Waals surface area (Å²) >= 11 is 0. The number of nitrogens with zero attached hydrogens (tertiary/aromatic N) is 1. The quantitative estimate of drug-likeness (QED) is 0.783. The normalized spacial score (nSPS) is 17.9. The molecule has 0 aliphatic carbocycles. The minimum atomic E-state index is -0.438. The van der Waals surface area contributed by atoms with Gasteiger partial charge in [-0.05, 0) is 55.0 Å². The molecule has 4 heteroatoms. The van der Waals surface area contributed by atoms with Crippen LogP contribution < -0.4 is 4.74 Å². The summed E-state index contributed by atoms with van der Waals surface area (Å²) in [6.07, 6.45) is 4.87. The number of aromatic nitrogens is 1. The number of fused-ring (bicyclic) bond motifs is 1. The van der Waals surface area contributed by atoms with E-state index in [0.717, 1.165) is 43.6 Å². The SMILES string of the molecule is COc1ccc2c(F)nc(/C=C3/CCCOCC3)cc2c1. The molecule has 0 N–H and O–H groups in total. The maximum absolute atomic E-state index is 14.1. The topological polar surface area (TPSA) is 31.4 Å². The Balaban J connectivity index is 2.00. The van der Waals surface area contributed by atoms with E-state index in [1.165, 1.54) is 5.57 Å². The fourth-order valence-electron chi connectivity index (χ4n) is 2.60. The van der Waals surface area contributed by atoms with Crippen molar-refractivity contribution in [2.24, 2.45) is 0 Å². The smallest absolute Gasteiger partial charge is 0.221 e. The minimum absolute atomic E-state index is 0.438. The Labute approximate surface area is 123 Å². The Bertz CT molecular complexity index is 672. The molecule has 2 heterocycles. The predicted octanol–water partition coefficient (Wildman–Crippen LogP) is 3.97. The standard InChI is InChI=1S/C17H18FNO2/c1-20-15-4-5-16-13(11-15)10-14(19-17(16)18)9-12-3-2-7-21-8-6-12/h4-5,9-11H,2-3,6-8H2,1H3/b12-9-. The fraction of sp³-hybridized carbons (Fsp3) is 0.353. The second kappa shape index (κ2) is 6.22. The summed E-state index contributed by atoms with van der Waals surface area (Å²) in [5.74, 6) is 0.279. The van der Waals surface area contributed by atoms with Gasteiger partial charge in [0.05, 0.1) is 19.4 Å². The molecule has 21 heavy (non-hydrogen) atoms. The molecule has 0 atom stereocenters.